The fourth-order valence-corrected chi connectivity index (χ4v) is 1.98. The lowest BCUT2D eigenvalue weighted by Gasteiger charge is -2.06. The molecule has 3 nitrogen and oxygen atoms in total. The highest BCUT2D eigenvalue weighted by Crippen LogP contribution is 2.34. The molecule has 0 atom stereocenters. The van der Waals surface area contributed by atoms with Crippen molar-refractivity contribution < 1.29 is 5.11 Å². The van der Waals surface area contributed by atoms with Crippen LogP contribution >= 0.6 is 34.8 Å². The molecule has 17 heavy (non-hydrogen) atoms. The van der Waals surface area contributed by atoms with Gasteiger partial charge in [-0.25, -0.2) is 9.97 Å². The molecular formula is C11H7Cl3N2O. The van der Waals surface area contributed by atoms with Gasteiger partial charge in [0.05, 0.1) is 16.7 Å². The van der Waals surface area contributed by atoms with E-state index in [0.29, 0.717) is 32.0 Å². The Labute approximate surface area is 113 Å². The van der Waals surface area contributed by atoms with Gasteiger partial charge in [-0.2, -0.15) is 0 Å². The van der Waals surface area contributed by atoms with E-state index >= 15 is 0 Å². The van der Waals surface area contributed by atoms with Gasteiger partial charge in [-0.15, -0.1) is 0 Å². The Kier molecular flexibility index (Phi) is 3.84. The van der Waals surface area contributed by atoms with Crippen molar-refractivity contribution in [2.45, 2.75) is 6.61 Å². The molecule has 2 rings (SSSR count). The van der Waals surface area contributed by atoms with Crippen molar-refractivity contribution in [3.8, 4) is 11.4 Å². The standard InChI is InChI=1S/C11H7Cl3N2O/c12-7-1-8(10(14)9(13)2-7)11-15-3-6(5-17)4-16-11/h1-4,17H,5H2. The molecule has 0 aliphatic heterocycles. The van der Waals surface area contributed by atoms with Crippen LogP contribution < -0.4 is 0 Å². The Morgan fingerprint density at radius 3 is 2.29 bits per heavy atom. The van der Waals surface area contributed by atoms with Crippen molar-refractivity contribution in [1.29, 1.82) is 0 Å². The van der Waals surface area contributed by atoms with Crippen molar-refractivity contribution in [3.63, 3.8) is 0 Å². The number of aliphatic hydroxyl groups excluding tert-OH is 1. The summed E-state index contributed by atoms with van der Waals surface area (Å²) in [6.07, 6.45) is 3.04. The number of rotatable bonds is 2. The van der Waals surface area contributed by atoms with Crippen LogP contribution in [0.5, 0.6) is 0 Å². The van der Waals surface area contributed by atoms with E-state index in [0.717, 1.165) is 0 Å². The number of aliphatic hydroxyl groups is 1. The average Bonchev–Trinajstić information content (AvgIpc) is 2.34. The molecular weight excluding hydrogens is 282 g/mol. The molecule has 0 unspecified atom stereocenters. The summed E-state index contributed by atoms with van der Waals surface area (Å²) in [6, 6.07) is 3.20. The van der Waals surface area contributed by atoms with Gasteiger partial charge in [0.2, 0.25) is 0 Å². The Bertz CT molecular complexity index is 543. The van der Waals surface area contributed by atoms with Gasteiger partial charge in [-0.05, 0) is 12.1 Å². The molecule has 6 heteroatoms. The molecule has 2 aromatic rings. The summed E-state index contributed by atoms with van der Waals surface area (Å²) in [5, 5.41) is 10.1. The summed E-state index contributed by atoms with van der Waals surface area (Å²) in [7, 11) is 0. The maximum Gasteiger partial charge on any atom is 0.160 e. The predicted molar refractivity (Wildman–Crippen MR) is 68.4 cm³/mol. The number of aromatic nitrogens is 2. The lowest BCUT2D eigenvalue weighted by atomic mass is 10.2. The molecule has 0 spiro atoms. The van der Waals surface area contributed by atoms with Gasteiger partial charge in [-0.3, -0.25) is 0 Å². The lowest BCUT2D eigenvalue weighted by Crippen LogP contribution is -1.93. The van der Waals surface area contributed by atoms with Gasteiger partial charge >= 0.3 is 0 Å². The van der Waals surface area contributed by atoms with Gasteiger partial charge in [0.15, 0.2) is 5.82 Å². The maximum atomic E-state index is 8.89. The van der Waals surface area contributed by atoms with E-state index in [1.165, 1.54) is 12.4 Å². The number of benzene rings is 1. The van der Waals surface area contributed by atoms with Crippen molar-refractivity contribution in [2.24, 2.45) is 0 Å². The van der Waals surface area contributed by atoms with Gasteiger partial charge in [0, 0.05) is 28.5 Å². The highest BCUT2D eigenvalue weighted by molar-refractivity contribution is 6.44. The zero-order valence-electron chi connectivity index (χ0n) is 8.49. The van der Waals surface area contributed by atoms with Crippen molar-refractivity contribution in [3.05, 3.63) is 45.2 Å². The summed E-state index contributed by atoms with van der Waals surface area (Å²) in [5.74, 6) is 0.414. The van der Waals surface area contributed by atoms with Crippen molar-refractivity contribution >= 4 is 34.8 Å². The van der Waals surface area contributed by atoms with Crippen LogP contribution in [0, 0.1) is 0 Å². The summed E-state index contributed by atoms with van der Waals surface area (Å²) in [5.41, 5.74) is 1.19. The van der Waals surface area contributed by atoms with Crippen LogP contribution in [0.1, 0.15) is 5.56 Å². The molecule has 0 radical (unpaired) electrons. The van der Waals surface area contributed by atoms with Gasteiger partial charge < -0.3 is 5.11 Å². The minimum Gasteiger partial charge on any atom is -0.392 e. The van der Waals surface area contributed by atoms with Crippen molar-refractivity contribution in [1.82, 2.24) is 9.97 Å². The third-order valence-corrected chi connectivity index (χ3v) is 3.14. The monoisotopic (exact) mass is 288 g/mol. The minimum absolute atomic E-state index is 0.107. The van der Waals surface area contributed by atoms with E-state index < -0.39 is 0 Å². The first-order chi connectivity index (χ1) is 8.11. The smallest absolute Gasteiger partial charge is 0.160 e. The summed E-state index contributed by atoms with van der Waals surface area (Å²) in [6.45, 7) is -0.107. The SMILES string of the molecule is OCc1cnc(-c2cc(Cl)cc(Cl)c2Cl)nc1. The van der Waals surface area contributed by atoms with Crippen LogP contribution in [-0.2, 0) is 6.61 Å². The van der Waals surface area contributed by atoms with Crippen molar-refractivity contribution in [2.75, 3.05) is 0 Å². The third kappa shape index (κ3) is 2.69. The Morgan fingerprint density at radius 2 is 1.71 bits per heavy atom. The first kappa shape index (κ1) is 12.6. The zero-order valence-corrected chi connectivity index (χ0v) is 10.8. The lowest BCUT2D eigenvalue weighted by molar-refractivity contribution is 0.281. The molecule has 88 valence electrons. The number of halogens is 3. The van der Waals surface area contributed by atoms with Crippen LogP contribution in [-0.4, -0.2) is 15.1 Å². The first-order valence-corrected chi connectivity index (χ1v) is 5.82. The molecule has 1 N–H and O–H groups in total. The molecule has 1 aromatic heterocycles. The summed E-state index contributed by atoms with van der Waals surface area (Å²) in [4.78, 5) is 8.18. The summed E-state index contributed by atoms with van der Waals surface area (Å²) >= 11 is 17.9. The fraction of sp³-hybridized carbons (Fsp3) is 0.0909. The van der Waals surface area contributed by atoms with Gasteiger partial charge in [0.25, 0.3) is 0 Å². The first-order valence-electron chi connectivity index (χ1n) is 4.68. The molecule has 0 fully saturated rings. The third-order valence-electron chi connectivity index (χ3n) is 2.12. The quantitative estimate of drug-likeness (QED) is 0.859. The molecule has 1 heterocycles. The number of hydrogen-bond acceptors (Lipinski definition) is 3. The van der Waals surface area contributed by atoms with Crippen LogP contribution in [0.3, 0.4) is 0 Å². The second-order valence-electron chi connectivity index (χ2n) is 3.32. The average molecular weight is 290 g/mol. The highest BCUT2D eigenvalue weighted by atomic mass is 35.5. The Balaban J connectivity index is 2.52. The highest BCUT2D eigenvalue weighted by Gasteiger charge is 2.11. The van der Waals surface area contributed by atoms with Crippen LogP contribution in [0.2, 0.25) is 15.1 Å². The second-order valence-corrected chi connectivity index (χ2v) is 4.54. The number of hydrogen-bond donors (Lipinski definition) is 1. The van der Waals surface area contributed by atoms with Crippen LogP contribution in [0.25, 0.3) is 11.4 Å². The molecule has 0 aliphatic rings. The molecule has 0 saturated carbocycles. The van der Waals surface area contributed by atoms with Crippen LogP contribution in [0.4, 0.5) is 0 Å². The van der Waals surface area contributed by atoms with E-state index in [9.17, 15) is 0 Å². The van der Waals surface area contributed by atoms with E-state index in [2.05, 4.69) is 9.97 Å². The Hall–Kier alpha value is -0.870. The molecule has 0 aliphatic carbocycles. The van der Waals surface area contributed by atoms with E-state index in [4.69, 9.17) is 39.9 Å². The normalized spacial score (nSPS) is 10.6. The maximum absolute atomic E-state index is 8.89. The molecule has 0 bridgehead atoms. The molecule has 0 saturated heterocycles. The van der Waals surface area contributed by atoms with E-state index in [-0.39, 0.29) is 6.61 Å². The number of nitrogens with zero attached hydrogens (tertiary/aromatic N) is 2. The largest absolute Gasteiger partial charge is 0.392 e. The van der Waals surface area contributed by atoms with E-state index in [1.807, 2.05) is 0 Å². The fourth-order valence-electron chi connectivity index (χ4n) is 1.29. The van der Waals surface area contributed by atoms with Gasteiger partial charge in [0.1, 0.15) is 0 Å². The Morgan fingerprint density at radius 1 is 1.06 bits per heavy atom. The second kappa shape index (κ2) is 5.19. The predicted octanol–water partition coefficient (Wildman–Crippen LogP) is 3.60. The summed E-state index contributed by atoms with van der Waals surface area (Å²) < 4.78 is 0. The minimum atomic E-state index is -0.107. The zero-order chi connectivity index (χ0) is 12.4. The molecule has 0 amide bonds. The molecule has 1 aromatic carbocycles. The van der Waals surface area contributed by atoms with Crippen LogP contribution in [0.15, 0.2) is 24.5 Å². The topological polar surface area (TPSA) is 46.0 Å². The van der Waals surface area contributed by atoms with E-state index in [1.54, 1.807) is 12.1 Å². The van der Waals surface area contributed by atoms with Gasteiger partial charge in [-0.1, -0.05) is 34.8 Å².